The summed E-state index contributed by atoms with van der Waals surface area (Å²) in [6.45, 7) is 3.60. The molecule has 1 aliphatic heterocycles. The van der Waals surface area contributed by atoms with Gasteiger partial charge < -0.3 is 9.47 Å². The standard InChI is InChI=1S/C21H24FN5O/c1-15-23-10-13-26(15)12-9-18-4-2-3-11-27(18)21(28)20-14-19(24-25-20)16-5-7-17(22)8-6-16/h5-8,10,13-14,18H,2-4,9,11-12H2,1H3,(H,24,25). The van der Waals surface area contributed by atoms with Gasteiger partial charge in [0.05, 0.1) is 5.69 Å². The van der Waals surface area contributed by atoms with Gasteiger partial charge in [0.2, 0.25) is 0 Å². The number of hydrogen-bond donors (Lipinski definition) is 1. The highest BCUT2D eigenvalue weighted by atomic mass is 19.1. The number of aromatic nitrogens is 4. The second kappa shape index (κ2) is 7.96. The molecule has 1 aliphatic rings. The summed E-state index contributed by atoms with van der Waals surface area (Å²) in [6.07, 6.45) is 7.86. The Balaban J connectivity index is 1.47. The zero-order valence-corrected chi connectivity index (χ0v) is 15.9. The second-order valence-electron chi connectivity index (χ2n) is 7.28. The molecule has 4 rings (SSSR count). The lowest BCUT2D eigenvalue weighted by molar-refractivity contribution is 0.0589. The molecule has 146 valence electrons. The lowest BCUT2D eigenvalue weighted by atomic mass is 9.98. The van der Waals surface area contributed by atoms with E-state index in [-0.39, 0.29) is 17.8 Å². The highest BCUT2D eigenvalue weighted by Crippen LogP contribution is 2.24. The molecule has 6 nitrogen and oxygen atoms in total. The van der Waals surface area contributed by atoms with E-state index in [1.165, 1.54) is 12.1 Å². The minimum Gasteiger partial charge on any atom is -0.335 e. The number of halogens is 1. The van der Waals surface area contributed by atoms with Crippen molar-refractivity contribution in [2.75, 3.05) is 6.54 Å². The maximum absolute atomic E-state index is 13.1. The summed E-state index contributed by atoms with van der Waals surface area (Å²) in [7, 11) is 0. The molecular formula is C21H24FN5O. The monoisotopic (exact) mass is 381 g/mol. The number of rotatable bonds is 5. The number of H-pyrrole nitrogens is 1. The summed E-state index contributed by atoms with van der Waals surface area (Å²) in [5.41, 5.74) is 1.90. The van der Waals surface area contributed by atoms with Crippen LogP contribution in [0.15, 0.2) is 42.7 Å². The molecule has 0 saturated carbocycles. The molecule has 1 fully saturated rings. The van der Waals surface area contributed by atoms with E-state index in [0.29, 0.717) is 11.4 Å². The number of hydrogen-bond acceptors (Lipinski definition) is 3. The number of carbonyl (C=O) groups excluding carboxylic acids is 1. The van der Waals surface area contributed by atoms with Crippen molar-refractivity contribution in [2.24, 2.45) is 0 Å². The first-order valence-electron chi connectivity index (χ1n) is 9.72. The van der Waals surface area contributed by atoms with E-state index in [9.17, 15) is 9.18 Å². The molecule has 0 radical (unpaired) electrons. The average molecular weight is 381 g/mol. The third kappa shape index (κ3) is 3.83. The second-order valence-corrected chi connectivity index (χ2v) is 7.28. The molecule has 3 heterocycles. The molecule has 0 spiro atoms. The van der Waals surface area contributed by atoms with E-state index in [1.54, 1.807) is 24.4 Å². The molecule has 3 aromatic rings. The van der Waals surface area contributed by atoms with Gasteiger partial charge in [-0.3, -0.25) is 9.89 Å². The molecule has 1 unspecified atom stereocenters. The molecule has 1 aromatic carbocycles. The summed E-state index contributed by atoms with van der Waals surface area (Å²) >= 11 is 0. The van der Waals surface area contributed by atoms with E-state index in [4.69, 9.17) is 0 Å². The van der Waals surface area contributed by atoms with E-state index >= 15 is 0 Å². The molecule has 28 heavy (non-hydrogen) atoms. The van der Waals surface area contributed by atoms with Crippen molar-refractivity contribution in [2.45, 2.75) is 45.2 Å². The molecule has 1 N–H and O–H groups in total. The highest BCUT2D eigenvalue weighted by Gasteiger charge is 2.28. The quantitative estimate of drug-likeness (QED) is 0.731. The van der Waals surface area contributed by atoms with Gasteiger partial charge in [-0.1, -0.05) is 0 Å². The fourth-order valence-electron chi connectivity index (χ4n) is 3.85. The number of benzene rings is 1. The van der Waals surface area contributed by atoms with Crippen molar-refractivity contribution in [1.82, 2.24) is 24.6 Å². The van der Waals surface area contributed by atoms with Crippen LogP contribution in [0.2, 0.25) is 0 Å². The predicted molar refractivity (Wildman–Crippen MR) is 104 cm³/mol. The van der Waals surface area contributed by atoms with Gasteiger partial charge in [-0.05, 0) is 62.9 Å². The van der Waals surface area contributed by atoms with Crippen molar-refractivity contribution in [3.8, 4) is 11.3 Å². The van der Waals surface area contributed by atoms with E-state index in [2.05, 4.69) is 19.7 Å². The van der Waals surface area contributed by atoms with Gasteiger partial charge in [0.15, 0.2) is 0 Å². The van der Waals surface area contributed by atoms with E-state index in [1.807, 2.05) is 18.0 Å². The van der Waals surface area contributed by atoms with Crippen molar-refractivity contribution in [1.29, 1.82) is 0 Å². The Morgan fingerprint density at radius 1 is 1.29 bits per heavy atom. The number of carbonyl (C=O) groups is 1. The number of amides is 1. The predicted octanol–water partition coefficient (Wildman–Crippen LogP) is 3.81. The summed E-state index contributed by atoms with van der Waals surface area (Å²) in [4.78, 5) is 19.3. The average Bonchev–Trinajstić information content (AvgIpc) is 3.36. The first-order valence-corrected chi connectivity index (χ1v) is 9.72. The molecular weight excluding hydrogens is 357 g/mol. The molecule has 1 saturated heterocycles. The van der Waals surface area contributed by atoms with Crippen molar-refractivity contribution < 1.29 is 9.18 Å². The van der Waals surface area contributed by atoms with Gasteiger partial charge in [-0.15, -0.1) is 0 Å². The zero-order chi connectivity index (χ0) is 19.5. The van der Waals surface area contributed by atoms with Gasteiger partial charge >= 0.3 is 0 Å². The number of imidazole rings is 1. The smallest absolute Gasteiger partial charge is 0.272 e. The lowest BCUT2D eigenvalue weighted by Crippen LogP contribution is -2.44. The van der Waals surface area contributed by atoms with Crippen LogP contribution in [0.3, 0.4) is 0 Å². The number of likely N-dealkylation sites (tertiary alicyclic amines) is 1. The minimum atomic E-state index is -0.292. The maximum Gasteiger partial charge on any atom is 0.272 e. The molecule has 1 atom stereocenters. The van der Waals surface area contributed by atoms with Gasteiger partial charge in [-0.25, -0.2) is 9.37 Å². The van der Waals surface area contributed by atoms with Crippen LogP contribution in [0, 0.1) is 12.7 Å². The number of piperidine rings is 1. The van der Waals surface area contributed by atoms with Crippen molar-refractivity contribution in [3.05, 3.63) is 60.1 Å². The van der Waals surface area contributed by atoms with Crippen LogP contribution in [0.5, 0.6) is 0 Å². The Morgan fingerprint density at radius 3 is 2.86 bits per heavy atom. The van der Waals surface area contributed by atoms with Gasteiger partial charge in [0.25, 0.3) is 5.91 Å². The normalized spacial score (nSPS) is 17.1. The lowest BCUT2D eigenvalue weighted by Gasteiger charge is -2.35. The summed E-state index contributed by atoms with van der Waals surface area (Å²) in [5.74, 6) is 0.680. The first kappa shape index (κ1) is 18.4. The number of aryl methyl sites for hydroxylation is 2. The van der Waals surface area contributed by atoms with Gasteiger partial charge in [-0.2, -0.15) is 5.10 Å². The van der Waals surface area contributed by atoms with Crippen LogP contribution in [-0.4, -0.2) is 43.1 Å². The van der Waals surface area contributed by atoms with E-state index < -0.39 is 0 Å². The summed E-state index contributed by atoms with van der Waals surface area (Å²) in [5, 5.41) is 7.11. The van der Waals surface area contributed by atoms with Crippen LogP contribution < -0.4 is 0 Å². The van der Waals surface area contributed by atoms with Crippen molar-refractivity contribution in [3.63, 3.8) is 0 Å². The van der Waals surface area contributed by atoms with Crippen LogP contribution in [0.25, 0.3) is 11.3 Å². The zero-order valence-electron chi connectivity index (χ0n) is 15.9. The van der Waals surface area contributed by atoms with Crippen LogP contribution in [-0.2, 0) is 6.54 Å². The molecule has 1 amide bonds. The Bertz CT molecular complexity index is 946. The van der Waals surface area contributed by atoms with Crippen LogP contribution in [0.4, 0.5) is 4.39 Å². The first-order chi connectivity index (χ1) is 13.6. The fraction of sp³-hybridized carbons (Fsp3) is 0.381. The third-order valence-corrected chi connectivity index (χ3v) is 5.46. The fourth-order valence-corrected chi connectivity index (χ4v) is 3.85. The summed E-state index contributed by atoms with van der Waals surface area (Å²) in [6, 6.07) is 8.07. The molecule has 0 aliphatic carbocycles. The topological polar surface area (TPSA) is 66.8 Å². The summed E-state index contributed by atoms with van der Waals surface area (Å²) < 4.78 is 15.3. The highest BCUT2D eigenvalue weighted by molar-refractivity contribution is 5.93. The molecule has 2 aromatic heterocycles. The Kier molecular flexibility index (Phi) is 5.23. The van der Waals surface area contributed by atoms with Gasteiger partial charge in [0, 0.05) is 37.1 Å². The van der Waals surface area contributed by atoms with Crippen molar-refractivity contribution >= 4 is 5.91 Å². The largest absolute Gasteiger partial charge is 0.335 e. The molecule has 0 bridgehead atoms. The Labute approximate surface area is 163 Å². The van der Waals surface area contributed by atoms with Gasteiger partial charge in [0.1, 0.15) is 17.3 Å². The van der Waals surface area contributed by atoms with E-state index in [0.717, 1.165) is 50.2 Å². The SMILES string of the molecule is Cc1nccn1CCC1CCCCN1C(=O)c1cc(-c2ccc(F)cc2)n[nH]1. The number of nitrogens with zero attached hydrogens (tertiary/aromatic N) is 4. The third-order valence-electron chi connectivity index (χ3n) is 5.46. The maximum atomic E-state index is 13.1. The Morgan fingerprint density at radius 2 is 2.11 bits per heavy atom. The molecule has 7 heteroatoms. The number of aromatic amines is 1. The Hall–Kier alpha value is -2.96. The van der Waals surface area contributed by atoms with Crippen LogP contribution in [0.1, 0.15) is 42.0 Å². The number of nitrogens with one attached hydrogen (secondary N) is 1. The minimum absolute atomic E-state index is 0.0204. The van der Waals surface area contributed by atoms with Crippen LogP contribution >= 0.6 is 0 Å².